The van der Waals surface area contributed by atoms with Crippen LogP contribution in [0, 0.1) is 6.92 Å². The van der Waals surface area contributed by atoms with Crippen LogP contribution in [0.25, 0.3) is 0 Å². The fourth-order valence-corrected chi connectivity index (χ4v) is 1.26. The highest BCUT2D eigenvalue weighted by Gasteiger charge is 2.06. The van der Waals surface area contributed by atoms with E-state index in [1.165, 1.54) is 0 Å². The van der Waals surface area contributed by atoms with Gasteiger partial charge in [0.15, 0.2) is 0 Å². The van der Waals surface area contributed by atoms with Gasteiger partial charge in [-0.1, -0.05) is 12.1 Å². The topological polar surface area (TPSA) is 29.5 Å². The summed E-state index contributed by atoms with van der Waals surface area (Å²) in [5, 5.41) is 9.42. The van der Waals surface area contributed by atoms with E-state index in [9.17, 15) is 5.11 Å². The summed E-state index contributed by atoms with van der Waals surface area (Å²) in [6.07, 6.45) is -0.275. The Bertz CT molecular complexity index is 303. The highest BCUT2D eigenvalue weighted by molar-refractivity contribution is 5.37. The van der Waals surface area contributed by atoms with Crippen molar-refractivity contribution in [1.82, 2.24) is 0 Å². The molecule has 1 aromatic rings. The molecule has 0 radical (unpaired) electrons. The third-order valence-corrected chi connectivity index (χ3v) is 2.06. The van der Waals surface area contributed by atoms with Gasteiger partial charge < -0.3 is 9.84 Å². The van der Waals surface area contributed by atoms with E-state index < -0.39 is 6.10 Å². The molecule has 0 heterocycles. The molecule has 0 saturated heterocycles. The van der Waals surface area contributed by atoms with Crippen molar-refractivity contribution in [2.45, 2.75) is 39.9 Å². The molecule has 0 aliphatic heterocycles. The fraction of sp³-hybridized carbons (Fsp3) is 0.500. The van der Waals surface area contributed by atoms with Crippen molar-refractivity contribution in [2.75, 3.05) is 0 Å². The normalized spacial score (nSPS) is 13.0. The van der Waals surface area contributed by atoms with Gasteiger partial charge in [0.05, 0.1) is 12.2 Å². The highest BCUT2D eigenvalue weighted by atomic mass is 16.5. The first-order chi connectivity index (χ1) is 6.50. The molecule has 78 valence electrons. The van der Waals surface area contributed by atoms with Gasteiger partial charge in [-0.15, -0.1) is 0 Å². The van der Waals surface area contributed by atoms with E-state index >= 15 is 0 Å². The number of aliphatic hydroxyl groups excluding tert-OH is 1. The molecule has 0 amide bonds. The van der Waals surface area contributed by atoms with Gasteiger partial charge >= 0.3 is 0 Å². The summed E-state index contributed by atoms with van der Waals surface area (Å²) in [6, 6.07) is 5.80. The largest absolute Gasteiger partial charge is 0.491 e. The van der Waals surface area contributed by atoms with Crippen LogP contribution >= 0.6 is 0 Å². The number of hydrogen-bond donors (Lipinski definition) is 1. The van der Waals surface area contributed by atoms with Gasteiger partial charge in [0.1, 0.15) is 5.75 Å². The van der Waals surface area contributed by atoms with Crippen LogP contribution < -0.4 is 4.74 Å². The summed E-state index contributed by atoms with van der Waals surface area (Å²) in [4.78, 5) is 0. The van der Waals surface area contributed by atoms with E-state index in [-0.39, 0.29) is 6.10 Å². The number of ether oxygens (including phenoxy) is 1. The Morgan fingerprint density at radius 2 is 1.86 bits per heavy atom. The van der Waals surface area contributed by atoms with Gasteiger partial charge in [-0.3, -0.25) is 0 Å². The molecule has 1 unspecified atom stereocenters. The second-order valence-corrected chi connectivity index (χ2v) is 3.87. The lowest BCUT2D eigenvalue weighted by Crippen LogP contribution is -2.07. The lowest BCUT2D eigenvalue weighted by Gasteiger charge is -2.14. The number of hydrogen-bond acceptors (Lipinski definition) is 2. The molecule has 1 atom stereocenters. The summed E-state index contributed by atoms with van der Waals surface area (Å²) in [7, 11) is 0. The molecular formula is C12H18O2. The van der Waals surface area contributed by atoms with E-state index in [0.717, 1.165) is 16.9 Å². The average molecular weight is 194 g/mol. The van der Waals surface area contributed by atoms with Gasteiger partial charge in [-0.2, -0.15) is 0 Å². The zero-order valence-electron chi connectivity index (χ0n) is 9.24. The summed E-state index contributed by atoms with van der Waals surface area (Å²) in [5.74, 6) is 0.860. The molecule has 0 bridgehead atoms. The second-order valence-electron chi connectivity index (χ2n) is 3.87. The van der Waals surface area contributed by atoms with Crippen LogP contribution in [0.2, 0.25) is 0 Å². The Labute approximate surface area is 85.5 Å². The summed E-state index contributed by atoms with van der Waals surface area (Å²) < 4.78 is 5.62. The van der Waals surface area contributed by atoms with Crippen molar-refractivity contribution in [1.29, 1.82) is 0 Å². The monoisotopic (exact) mass is 194 g/mol. The zero-order chi connectivity index (χ0) is 10.7. The molecule has 0 spiro atoms. The predicted octanol–water partition coefficient (Wildman–Crippen LogP) is 2.84. The molecular weight excluding hydrogens is 176 g/mol. The maximum atomic E-state index is 9.42. The number of rotatable bonds is 3. The molecule has 1 rings (SSSR count). The average Bonchev–Trinajstić information content (AvgIpc) is 2.07. The van der Waals surface area contributed by atoms with Crippen molar-refractivity contribution < 1.29 is 9.84 Å². The van der Waals surface area contributed by atoms with E-state index in [4.69, 9.17) is 4.74 Å². The summed E-state index contributed by atoms with van der Waals surface area (Å²) in [6.45, 7) is 7.75. The van der Waals surface area contributed by atoms with Gasteiger partial charge in [0.2, 0.25) is 0 Å². The first-order valence-corrected chi connectivity index (χ1v) is 4.96. The third kappa shape index (κ3) is 2.74. The SMILES string of the molecule is Cc1ccc(C(C)O)cc1OC(C)C. The molecule has 1 N–H and O–H groups in total. The van der Waals surface area contributed by atoms with Crippen LogP contribution in [-0.2, 0) is 0 Å². The Morgan fingerprint density at radius 3 is 2.36 bits per heavy atom. The minimum atomic E-state index is -0.440. The lowest BCUT2D eigenvalue weighted by atomic mass is 10.1. The minimum absolute atomic E-state index is 0.165. The van der Waals surface area contributed by atoms with Crippen LogP contribution in [0.5, 0.6) is 5.75 Å². The number of aliphatic hydroxyl groups is 1. The van der Waals surface area contributed by atoms with Gasteiger partial charge in [-0.25, -0.2) is 0 Å². The fourth-order valence-electron chi connectivity index (χ4n) is 1.26. The highest BCUT2D eigenvalue weighted by Crippen LogP contribution is 2.24. The van der Waals surface area contributed by atoms with Crippen molar-refractivity contribution in [3.05, 3.63) is 29.3 Å². The van der Waals surface area contributed by atoms with Crippen molar-refractivity contribution in [3.8, 4) is 5.75 Å². The van der Waals surface area contributed by atoms with E-state index in [2.05, 4.69) is 0 Å². The Balaban J connectivity index is 2.96. The van der Waals surface area contributed by atoms with E-state index in [1.807, 2.05) is 39.0 Å². The molecule has 2 nitrogen and oxygen atoms in total. The van der Waals surface area contributed by atoms with E-state index in [0.29, 0.717) is 0 Å². The zero-order valence-corrected chi connectivity index (χ0v) is 9.24. The lowest BCUT2D eigenvalue weighted by molar-refractivity contribution is 0.197. The minimum Gasteiger partial charge on any atom is -0.491 e. The van der Waals surface area contributed by atoms with Crippen molar-refractivity contribution >= 4 is 0 Å². The first-order valence-electron chi connectivity index (χ1n) is 4.96. The molecule has 2 heteroatoms. The smallest absolute Gasteiger partial charge is 0.122 e. The van der Waals surface area contributed by atoms with Crippen molar-refractivity contribution in [3.63, 3.8) is 0 Å². The standard InChI is InChI=1S/C12H18O2/c1-8(2)14-12-7-11(10(4)13)6-5-9(12)3/h5-8,10,13H,1-4H3. The third-order valence-electron chi connectivity index (χ3n) is 2.06. The Kier molecular flexibility index (Phi) is 3.53. The molecule has 0 aromatic heterocycles. The number of aryl methyl sites for hydroxylation is 1. The molecule has 0 aliphatic rings. The maximum Gasteiger partial charge on any atom is 0.122 e. The predicted molar refractivity (Wildman–Crippen MR) is 57.6 cm³/mol. The van der Waals surface area contributed by atoms with Crippen LogP contribution in [-0.4, -0.2) is 11.2 Å². The van der Waals surface area contributed by atoms with Crippen LogP contribution in [0.15, 0.2) is 18.2 Å². The Morgan fingerprint density at radius 1 is 1.21 bits per heavy atom. The molecule has 1 aromatic carbocycles. The summed E-state index contributed by atoms with van der Waals surface area (Å²) >= 11 is 0. The van der Waals surface area contributed by atoms with Crippen LogP contribution in [0.4, 0.5) is 0 Å². The number of benzene rings is 1. The van der Waals surface area contributed by atoms with Gasteiger partial charge in [0, 0.05) is 0 Å². The molecule has 14 heavy (non-hydrogen) atoms. The van der Waals surface area contributed by atoms with E-state index in [1.54, 1.807) is 6.92 Å². The van der Waals surface area contributed by atoms with Gasteiger partial charge in [-0.05, 0) is 44.9 Å². The van der Waals surface area contributed by atoms with Crippen molar-refractivity contribution in [2.24, 2.45) is 0 Å². The quantitative estimate of drug-likeness (QED) is 0.801. The molecule has 0 aliphatic carbocycles. The second kappa shape index (κ2) is 4.47. The summed E-state index contributed by atoms with van der Waals surface area (Å²) in [5.41, 5.74) is 1.99. The van der Waals surface area contributed by atoms with Crippen LogP contribution in [0.1, 0.15) is 38.0 Å². The maximum absolute atomic E-state index is 9.42. The first kappa shape index (κ1) is 11.1. The molecule has 0 saturated carbocycles. The van der Waals surface area contributed by atoms with Gasteiger partial charge in [0.25, 0.3) is 0 Å². The molecule has 0 fully saturated rings. The van der Waals surface area contributed by atoms with Crippen LogP contribution in [0.3, 0.4) is 0 Å². The Hall–Kier alpha value is -1.02.